The van der Waals surface area contributed by atoms with Gasteiger partial charge in [-0.2, -0.15) is 0 Å². The molecular formula is C25H30N2O6. The fourth-order valence-corrected chi connectivity index (χ4v) is 4.19. The Bertz CT molecular complexity index is 1020. The molecule has 8 heteroatoms. The second-order valence-electron chi connectivity index (χ2n) is 7.87. The minimum Gasteiger partial charge on any atom is -0.497 e. The van der Waals surface area contributed by atoms with Gasteiger partial charge in [-0.3, -0.25) is 0 Å². The average Bonchev–Trinajstić information content (AvgIpc) is 3.04. The molecule has 8 nitrogen and oxygen atoms in total. The molecule has 0 fully saturated rings. The van der Waals surface area contributed by atoms with E-state index < -0.39 is 11.9 Å². The molecule has 3 N–H and O–H groups in total. The Balaban J connectivity index is 0.000000331. The van der Waals surface area contributed by atoms with Gasteiger partial charge in [0.05, 0.1) is 19.3 Å². The van der Waals surface area contributed by atoms with Gasteiger partial charge in [0, 0.05) is 18.7 Å². The fraction of sp³-hybridized carbons (Fsp3) is 0.360. The van der Waals surface area contributed by atoms with Crippen molar-refractivity contribution in [3.05, 3.63) is 64.7 Å². The van der Waals surface area contributed by atoms with Crippen LogP contribution in [0.1, 0.15) is 22.3 Å². The van der Waals surface area contributed by atoms with Gasteiger partial charge in [-0.05, 0) is 73.3 Å². The Morgan fingerprint density at radius 2 is 1.88 bits per heavy atom. The molecule has 0 unspecified atom stereocenters. The predicted molar refractivity (Wildman–Crippen MR) is 125 cm³/mol. The standard InChI is InChI=1S/C21H26N2O2.C4H4O4/c1-15-19-7-9-22-8-6-17(19)13-20-21(15)23(10-11-25-20)14-16-4-3-5-18(12-16)24-2;5-3(6)1-2-4(7)8/h3-5,12-13,22H,6-11,14H2,1-2H3;1-2H,(H,5,6)(H,7,8)/b;2-1+. The number of nitrogens with one attached hydrogen (secondary N) is 1. The molecule has 2 aromatic rings. The maximum absolute atomic E-state index is 9.55. The smallest absolute Gasteiger partial charge is 0.328 e. The van der Waals surface area contributed by atoms with Crippen molar-refractivity contribution in [2.75, 3.05) is 38.3 Å². The lowest BCUT2D eigenvalue weighted by molar-refractivity contribution is -0.134. The van der Waals surface area contributed by atoms with Crippen molar-refractivity contribution >= 4 is 17.6 Å². The molecule has 0 atom stereocenters. The number of hydrogen-bond acceptors (Lipinski definition) is 6. The van der Waals surface area contributed by atoms with Crippen molar-refractivity contribution in [2.45, 2.75) is 26.3 Å². The number of ether oxygens (including phenoxy) is 2. The van der Waals surface area contributed by atoms with E-state index in [1.54, 1.807) is 7.11 Å². The molecule has 0 spiro atoms. The van der Waals surface area contributed by atoms with Crippen molar-refractivity contribution in [1.82, 2.24) is 5.32 Å². The molecule has 2 aromatic carbocycles. The number of carboxylic acid groups (broad SMARTS) is 2. The number of anilines is 1. The number of carbonyl (C=O) groups is 2. The van der Waals surface area contributed by atoms with E-state index in [2.05, 4.69) is 41.4 Å². The summed E-state index contributed by atoms with van der Waals surface area (Å²) in [7, 11) is 1.72. The molecule has 0 bridgehead atoms. The van der Waals surface area contributed by atoms with Crippen LogP contribution in [-0.2, 0) is 29.0 Å². The van der Waals surface area contributed by atoms with Gasteiger partial charge in [0.1, 0.15) is 18.1 Å². The van der Waals surface area contributed by atoms with E-state index in [0.717, 1.165) is 57.1 Å². The molecule has 176 valence electrons. The molecule has 2 aliphatic heterocycles. The number of aliphatic carboxylic acids is 2. The Hall–Kier alpha value is -3.52. The Morgan fingerprint density at radius 1 is 1.15 bits per heavy atom. The van der Waals surface area contributed by atoms with Crippen LogP contribution >= 0.6 is 0 Å². The van der Waals surface area contributed by atoms with E-state index in [0.29, 0.717) is 12.2 Å². The first-order valence-electron chi connectivity index (χ1n) is 10.9. The first kappa shape index (κ1) is 24.1. The van der Waals surface area contributed by atoms with Crippen LogP contribution in [0.15, 0.2) is 42.5 Å². The van der Waals surface area contributed by atoms with Crippen LogP contribution in [0.3, 0.4) is 0 Å². The largest absolute Gasteiger partial charge is 0.497 e. The van der Waals surface area contributed by atoms with Crippen LogP contribution < -0.4 is 19.7 Å². The topological polar surface area (TPSA) is 108 Å². The zero-order valence-electron chi connectivity index (χ0n) is 19.0. The van der Waals surface area contributed by atoms with Gasteiger partial charge in [-0.1, -0.05) is 12.1 Å². The zero-order chi connectivity index (χ0) is 23.8. The lowest BCUT2D eigenvalue weighted by Crippen LogP contribution is -2.33. The van der Waals surface area contributed by atoms with Gasteiger partial charge in [-0.25, -0.2) is 9.59 Å². The third kappa shape index (κ3) is 6.49. The predicted octanol–water partition coefficient (Wildman–Crippen LogP) is 2.80. The van der Waals surface area contributed by atoms with E-state index in [9.17, 15) is 9.59 Å². The number of carboxylic acids is 2. The van der Waals surface area contributed by atoms with Crippen LogP contribution in [0, 0.1) is 6.92 Å². The van der Waals surface area contributed by atoms with E-state index >= 15 is 0 Å². The third-order valence-corrected chi connectivity index (χ3v) is 5.67. The maximum Gasteiger partial charge on any atom is 0.328 e. The van der Waals surface area contributed by atoms with Crippen molar-refractivity contribution in [2.24, 2.45) is 0 Å². The molecule has 4 rings (SSSR count). The van der Waals surface area contributed by atoms with E-state index in [1.165, 1.54) is 27.9 Å². The summed E-state index contributed by atoms with van der Waals surface area (Å²) < 4.78 is 11.4. The Labute approximate surface area is 193 Å². The second kappa shape index (κ2) is 11.4. The van der Waals surface area contributed by atoms with Gasteiger partial charge >= 0.3 is 11.9 Å². The fourth-order valence-electron chi connectivity index (χ4n) is 4.19. The first-order valence-corrected chi connectivity index (χ1v) is 10.9. The summed E-state index contributed by atoms with van der Waals surface area (Å²) in [6.07, 6.45) is 3.30. The highest BCUT2D eigenvalue weighted by molar-refractivity contribution is 5.89. The molecule has 2 aliphatic rings. The number of nitrogens with zero attached hydrogens (tertiary/aromatic N) is 1. The minimum atomic E-state index is -1.26. The SMILES string of the molecule is COc1cccc(CN2CCOc3cc4c(c(C)c32)CCNCC4)c1.O=C(O)/C=C/C(=O)O. The summed E-state index contributed by atoms with van der Waals surface area (Å²) in [6.45, 7) is 6.92. The summed E-state index contributed by atoms with van der Waals surface area (Å²) >= 11 is 0. The first-order chi connectivity index (χ1) is 15.9. The van der Waals surface area contributed by atoms with Crippen LogP contribution in [0.4, 0.5) is 5.69 Å². The van der Waals surface area contributed by atoms with E-state index in [4.69, 9.17) is 19.7 Å². The lowest BCUT2D eigenvalue weighted by atomic mass is 9.94. The number of fused-ring (bicyclic) bond motifs is 2. The Morgan fingerprint density at radius 3 is 2.58 bits per heavy atom. The quantitative estimate of drug-likeness (QED) is 0.592. The highest BCUT2D eigenvalue weighted by atomic mass is 16.5. The second-order valence-corrected chi connectivity index (χ2v) is 7.87. The van der Waals surface area contributed by atoms with Gasteiger partial charge in [0.25, 0.3) is 0 Å². The maximum atomic E-state index is 9.55. The van der Waals surface area contributed by atoms with E-state index in [-0.39, 0.29) is 0 Å². The molecule has 0 radical (unpaired) electrons. The lowest BCUT2D eigenvalue weighted by Gasteiger charge is -2.34. The highest BCUT2D eigenvalue weighted by Crippen LogP contribution is 2.40. The van der Waals surface area contributed by atoms with Gasteiger partial charge in [0.15, 0.2) is 0 Å². The molecule has 0 aliphatic carbocycles. The normalized spacial score (nSPS) is 14.8. The van der Waals surface area contributed by atoms with Gasteiger partial charge in [-0.15, -0.1) is 0 Å². The minimum absolute atomic E-state index is 0.558. The zero-order valence-corrected chi connectivity index (χ0v) is 19.0. The van der Waals surface area contributed by atoms with Crippen molar-refractivity contribution < 1.29 is 29.3 Å². The number of hydrogen-bond donors (Lipinski definition) is 3. The summed E-state index contributed by atoms with van der Waals surface area (Å²) in [5, 5.41) is 19.1. The molecular weight excluding hydrogens is 424 g/mol. The summed E-state index contributed by atoms with van der Waals surface area (Å²) in [6, 6.07) is 10.6. The van der Waals surface area contributed by atoms with Crippen LogP contribution in [0.25, 0.3) is 0 Å². The van der Waals surface area contributed by atoms with Crippen LogP contribution in [0.5, 0.6) is 11.5 Å². The molecule has 0 amide bonds. The average molecular weight is 455 g/mol. The molecule has 2 heterocycles. The molecule has 0 saturated carbocycles. The van der Waals surface area contributed by atoms with Crippen molar-refractivity contribution in [1.29, 1.82) is 0 Å². The van der Waals surface area contributed by atoms with Gasteiger partial charge in [0.2, 0.25) is 0 Å². The van der Waals surface area contributed by atoms with Crippen molar-refractivity contribution in [3.63, 3.8) is 0 Å². The number of methoxy groups -OCH3 is 1. The summed E-state index contributed by atoms with van der Waals surface area (Å²) in [4.78, 5) is 21.6. The monoisotopic (exact) mass is 454 g/mol. The van der Waals surface area contributed by atoms with Gasteiger partial charge < -0.3 is 29.9 Å². The molecule has 33 heavy (non-hydrogen) atoms. The summed E-state index contributed by atoms with van der Waals surface area (Å²) in [5.41, 5.74) is 6.88. The molecule has 0 aromatic heterocycles. The summed E-state index contributed by atoms with van der Waals surface area (Å²) in [5.74, 6) is -0.553. The van der Waals surface area contributed by atoms with Crippen LogP contribution in [0.2, 0.25) is 0 Å². The number of benzene rings is 2. The molecule has 0 saturated heterocycles. The van der Waals surface area contributed by atoms with Crippen LogP contribution in [-0.4, -0.2) is 55.5 Å². The van der Waals surface area contributed by atoms with E-state index in [1.807, 2.05) is 6.07 Å². The number of rotatable bonds is 5. The third-order valence-electron chi connectivity index (χ3n) is 5.67. The highest BCUT2D eigenvalue weighted by Gasteiger charge is 2.25. The Kier molecular flexibility index (Phi) is 8.32. The van der Waals surface area contributed by atoms with Crippen molar-refractivity contribution in [3.8, 4) is 11.5 Å².